The lowest BCUT2D eigenvalue weighted by Gasteiger charge is -2.17. The van der Waals surface area contributed by atoms with Gasteiger partial charge in [-0.05, 0) is 148 Å². The summed E-state index contributed by atoms with van der Waals surface area (Å²) in [5, 5.41) is 33.7. The summed E-state index contributed by atoms with van der Waals surface area (Å²) in [7, 11) is 0. The number of hydrogen-bond donors (Lipinski definition) is 7. The summed E-state index contributed by atoms with van der Waals surface area (Å²) >= 11 is 0. The number of benzene rings is 4. The Bertz CT molecular complexity index is 3840. The number of anilines is 2. The van der Waals surface area contributed by atoms with Gasteiger partial charge in [-0.1, -0.05) is 36.4 Å². The molecule has 3 aliphatic rings. The molecule has 8 aromatic rings. The highest BCUT2D eigenvalue weighted by Gasteiger charge is 2.43. The number of hydrogen-bond acceptors (Lipinski definition) is 9. The van der Waals surface area contributed by atoms with Gasteiger partial charge in [0.2, 0.25) is 0 Å². The van der Waals surface area contributed by atoms with Gasteiger partial charge in [0, 0.05) is 76.5 Å². The number of nitrogens with zero attached hydrogens (tertiary/aromatic N) is 4. The maximum atomic E-state index is 13.0. The summed E-state index contributed by atoms with van der Waals surface area (Å²) in [6, 6.07) is 25.3. The summed E-state index contributed by atoms with van der Waals surface area (Å²) in [4.78, 5) is 58.7. The monoisotopic (exact) mass is 1140 g/mol. The van der Waals surface area contributed by atoms with E-state index in [0.717, 1.165) is 71.9 Å². The van der Waals surface area contributed by atoms with Gasteiger partial charge in [-0.3, -0.25) is 23.2 Å². The van der Waals surface area contributed by atoms with Gasteiger partial charge < -0.3 is 36.8 Å². The van der Waals surface area contributed by atoms with Crippen molar-refractivity contribution in [3.63, 3.8) is 0 Å². The minimum atomic E-state index is -4.31. The van der Waals surface area contributed by atoms with Crippen LogP contribution in [-0.4, -0.2) is 102 Å². The molecule has 11 rings (SSSR count). The number of alkyl halides is 6. The molecule has 3 fully saturated rings. The maximum Gasteiger partial charge on any atom is 0.390 e. The van der Waals surface area contributed by atoms with E-state index in [9.17, 15) is 55.7 Å². The first kappa shape index (κ1) is 57.5. The Hall–Kier alpha value is -8.72. The van der Waals surface area contributed by atoms with Crippen molar-refractivity contribution in [3.8, 4) is 44.8 Å². The number of pyridine rings is 2. The van der Waals surface area contributed by atoms with Crippen LogP contribution in [0.3, 0.4) is 0 Å². The van der Waals surface area contributed by atoms with Gasteiger partial charge in [-0.25, -0.2) is 14.8 Å². The predicted octanol–water partition coefficient (Wildman–Crippen LogP) is 12.0. The quantitative estimate of drug-likeness (QED) is 0.0405. The molecular formula is C62H61F6N9O6. The second-order valence-electron chi connectivity index (χ2n) is 21.9. The van der Waals surface area contributed by atoms with Gasteiger partial charge in [0.15, 0.2) is 11.3 Å². The molecule has 0 atom stereocenters. The van der Waals surface area contributed by atoms with Crippen LogP contribution >= 0.6 is 0 Å². The number of carbonyl (C=O) groups is 4. The molecule has 3 amide bonds. The zero-order valence-corrected chi connectivity index (χ0v) is 45.9. The summed E-state index contributed by atoms with van der Waals surface area (Å²) < 4.78 is 81.1. The Kier molecular flexibility index (Phi) is 15.9. The summed E-state index contributed by atoms with van der Waals surface area (Å²) in [6.45, 7) is 6.49. The van der Waals surface area contributed by atoms with Gasteiger partial charge in [-0.15, -0.1) is 0 Å². The Labute approximate surface area is 473 Å². The zero-order valence-electron chi connectivity index (χ0n) is 45.9. The third-order valence-electron chi connectivity index (χ3n) is 15.1. The molecule has 15 nitrogen and oxygen atoms in total. The van der Waals surface area contributed by atoms with Crippen molar-refractivity contribution in [2.45, 2.75) is 109 Å². The van der Waals surface area contributed by atoms with E-state index in [1.807, 2.05) is 67.9 Å². The second kappa shape index (κ2) is 22.9. The molecule has 4 aromatic heterocycles. The molecule has 0 unspecified atom stereocenters. The number of aliphatic hydroxyl groups excluding tert-OH is 1. The number of aromatic carboxylic acids is 1. The molecule has 432 valence electrons. The number of carboxylic acid groups (broad SMARTS) is 1. The fourth-order valence-electron chi connectivity index (χ4n) is 9.96. The Morgan fingerprint density at radius 3 is 1.27 bits per heavy atom. The van der Waals surface area contributed by atoms with E-state index < -0.39 is 36.7 Å². The van der Waals surface area contributed by atoms with Crippen molar-refractivity contribution in [2.24, 2.45) is 0 Å². The van der Waals surface area contributed by atoms with E-state index in [2.05, 4.69) is 36.6 Å². The summed E-state index contributed by atoms with van der Waals surface area (Å²) in [6.07, 6.45) is 1.82. The molecule has 0 spiro atoms. The first-order valence-electron chi connectivity index (χ1n) is 27.3. The third kappa shape index (κ3) is 13.5. The van der Waals surface area contributed by atoms with Crippen molar-refractivity contribution >= 4 is 46.4 Å². The lowest BCUT2D eigenvalue weighted by atomic mass is 9.99. The SMILES string of the molecule is Cc1cc(-c2cc(NCCC(F)(F)F)c3ncc(-c4ccc(C(=O)NC5CC5)c(C)c4)n3c2)ccc1C(=O)O.Cc1cc(-c2cnc3c(NCCC(F)(F)F)cc(-c4ccc(C(=O)NC5(CO)CC5)c(C)c4)cn23)ccc1C(=O)NC1CC1. The van der Waals surface area contributed by atoms with E-state index in [1.165, 1.54) is 6.07 Å². The molecule has 83 heavy (non-hydrogen) atoms. The number of aryl methyl sites for hydroxylation is 4. The molecule has 0 radical (unpaired) electrons. The number of halogens is 6. The van der Waals surface area contributed by atoms with Gasteiger partial charge in [0.1, 0.15) is 0 Å². The van der Waals surface area contributed by atoms with Crippen LogP contribution in [0.25, 0.3) is 56.1 Å². The zero-order chi connectivity index (χ0) is 59.1. The molecule has 0 saturated heterocycles. The highest BCUT2D eigenvalue weighted by molar-refractivity contribution is 5.98. The van der Waals surface area contributed by atoms with Crippen LogP contribution < -0.4 is 26.6 Å². The molecule has 7 N–H and O–H groups in total. The van der Waals surface area contributed by atoms with Crippen LogP contribution in [0.1, 0.15) is 115 Å². The van der Waals surface area contributed by atoms with Crippen molar-refractivity contribution < 1.29 is 55.7 Å². The van der Waals surface area contributed by atoms with E-state index in [1.54, 1.807) is 72.2 Å². The fraction of sp³-hybridized carbons (Fsp3) is 0.323. The number of nitrogens with one attached hydrogen (secondary N) is 5. The number of imidazole rings is 2. The number of carboxylic acids is 1. The first-order chi connectivity index (χ1) is 39.4. The topological polar surface area (TPSA) is 203 Å². The Morgan fingerprint density at radius 1 is 0.542 bits per heavy atom. The van der Waals surface area contributed by atoms with Crippen LogP contribution in [0, 0.1) is 27.7 Å². The summed E-state index contributed by atoms with van der Waals surface area (Å²) in [5.74, 6) is -1.51. The van der Waals surface area contributed by atoms with Crippen molar-refractivity contribution in [2.75, 3.05) is 30.3 Å². The van der Waals surface area contributed by atoms with Crippen LogP contribution in [0.4, 0.5) is 37.7 Å². The number of rotatable bonds is 18. The molecule has 4 heterocycles. The van der Waals surface area contributed by atoms with Crippen LogP contribution in [0.5, 0.6) is 0 Å². The van der Waals surface area contributed by atoms with Gasteiger partial charge in [-0.2, -0.15) is 26.3 Å². The number of fused-ring (bicyclic) bond motifs is 2. The smallest absolute Gasteiger partial charge is 0.390 e. The third-order valence-corrected chi connectivity index (χ3v) is 15.1. The van der Waals surface area contributed by atoms with Crippen LogP contribution in [0.2, 0.25) is 0 Å². The molecule has 3 saturated carbocycles. The van der Waals surface area contributed by atoms with E-state index in [4.69, 9.17) is 0 Å². The Morgan fingerprint density at radius 2 is 0.916 bits per heavy atom. The van der Waals surface area contributed by atoms with Crippen molar-refractivity contribution in [1.29, 1.82) is 0 Å². The number of carbonyl (C=O) groups excluding carboxylic acids is 3. The van der Waals surface area contributed by atoms with Crippen LogP contribution in [0.15, 0.2) is 110 Å². The molecule has 3 aliphatic carbocycles. The maximum absolute atomic E-state index is 13.0. The number of aliphatic hydroxyl groups is 1. The molecule has 0 aliphatic heterocycles. The molecule has 4 aromatic carbocycles. The average molecular weight is 1140 g/mol. The molecule has 21 heteroatoms. The Balaban J connectivity index is 0.000000187. The standard InChI is InChI=1S/C33H34F3N5O3.C29H27F3N4O3/c1-19-13-21(3-7-26(19)31(44)40-32(18-42)9-10-32)23-15-27(37-12-11-33(34,35)36)29-38-16-28(41(29)17-23)22-4-8-25(20(2)14-22)30(43)39-24-5-6-24;1-16-12-19(4-7-22(16)27(37)35-21-5-6-21)25-14-34-26-24(33-10-9-29(30,31)32)13-20(15-36(25)26)18-3-8-23(28(38)39)17(2)11-18/h3-4,7-8,13-17,24,37,42H,5-6,9-12,18H2,1-2H3,(H,39,43)(H,40,44);3-4,7-8,11-15,21,33H,5-6,9-10H2,1-2H3,(H,35,37)(H,38,39). The fourth-order valence-corrected chi connectivity index (χ4v) is 9.96. The van der Waals surface area contributed by atoms with Crippen molar-refractivity contribution in [3.05, 3.63) is 154 Å². The summed E-state index contributed by atoms with van der Waals surface area (Å²) in [5.41, 5.74) is 11.8. The highest BCUT2D eigenvalue weighted by atomic mass is 19.4. The second-order valence-corrected chi connectivity index (χ2v) is 21.9. The van der Waals surface area contributed by atoms with Crippen LogP contribution in [-0.2, 0) is 0 Å². The highest BCUT2D eigenvalue weighted by Crippen LogP contribution is 2.37. The first-order valence-corrected chi connectivity index (χ1v) is 27.3. The number of aromatic nitrogens is 4. The van der Waals surface area contributed by atoms with Gasteiger partial charge in [0.25, 0.3) is 17.7 Å². The predicted molar refractivity (Wildman–Crippen MR) is 304 cm³/mol. The van der Waals surface area contributed by atoms with Crippen molar-refractivity contribution in [1.82, 2.24) is 34.7 Å². The lowest BCUT2D eigenvalue weighted by molar-refractivity contribution is -0.132. The molecule has 0 bridgehead atoms. The minimum Gasteiger partial charge on any atom is -0.478 e. The van der Waals surface area contributed by atoms with Gasteiger partial charge >= 0.3 is 18.3 Å². The van der Waals surface area contributed by atoms with E-state index in [0.29, 0.717) is 73.0 Å². The van der Waals surface area contributed by atoms with Gasteiger partial charge in [0.05, 0.1) is 65.7 Å². The van der Waals surface area contributed by atoms with E-state index >= 15 is 0 Å². The average Bonchev–Trinajstić information content (AvgIpc) is 2.81. The lowest BCUT2D eigenvalue weighted by Crippen LogP contribution is -2.39. The normalized spacial score (nSPS) is 14.6. The van der Waals surface area contributed by atoms with E-state index in [-0.39, 0.29) is 55.1 Å². The minimum absolute atomic E-state index is 0.107. The molecular weight excluding hydrogens is 1080 g/mol. The number of amides is 3. The largest absolute Gasteiger partial charge is 0.478 e.